The van der Waals surface area contributed by atoms with E-state index >= 15 is 0 Å². The van der Waals surface area contributed by atoms with Crippen LogP contribution in [0, 0.1) is 5.82 Å². The summed E-state index contributed by atoms with van der Waals surface area (Å²) in [7, 11) is 1.47. The number of guanidine groups is 1. The molecule has 38 heavy (non-hydrogen) atoms. The predicted octanol–water partition coefficient (Wildman–Crippen LogP) is 4.42. The zero-order valence-electron chi connectivity index (χ0n) is 21.5. The maximum atomic E-state index is 15.0. The molecule has 0 bridgehead atoms. The number of methoxy groups -OCH3 is 1. The van der Waals surface area contributed by atoms with Crippen molar-refractivity contribution in [1.82, 2.24) is 4.90 Å². The van der Waals surface area contributed by atoms with Crippen LogP contribution in [0.15, 0.2) is 76.7 Å². The standard InChI is InChI=1S/C27H32F2N6O3/c1-5-25(36)31-20-7-6-8-22(17-20)38-26(19(2)37-4)33-27(30-3)32-21-9-10-24(23(29)18-21)35-15-13-34(12-11-28)14-16-35/h5-10,17-18H,1,3,11-16H2,2,4H3,(H,31,36)(H,32,33)/b26-19-. The number of halogens is 2. The molecule has 1 aliphatic heterocycles. The van der Waals surface area contributed by atoms with Crippen molar-refractivity contribution in [2.45, 2.75) is 6.92 Å². The molecule has 0 atom stereocenters. The molecule has 0 aromatic heterocycles. The van der Waals surface area contributed by atoms with Gasteiger partial charge in [-0.2, -0.15) is 4.99 Å². The van der Waals surface area contributed by atoms with Gasteiger partial charge in [-0.3, -0.25) is 9.69 Å². The van der Waals surface area contributed by atoms with Gasteiger partial charge in [0.25, 0.3) is 5.88 Å². The molecule has 202 valence electrons. The van der Waals surface area contributed by atoms with Crippen LogP contribution in [0.4, 0.5) is 25.8 Å². The fourth-order valence-corrected chi connectivity index (χ4v) is 3.70. The van der Waals surface area contributed by atoms with Crippen LogP contribution in [0.25, 0.3) is 0 Å². The Balaban J connectivity index is 1.75. The zero-order chi connectivity index (χ0) is 27.5. The Labute approximate surface area is 221 Å². The first-order valence-electron chi connectivity index (χ1n) is 12.0. The van der Waals surface area contributed by atoms with Gasteiger partial charge in [-0.05, 0) is 50.0 Å². The summed E-state index contributed by atoms with van der Waals surface area (Å²) in [6, 6.07) is 11.4. The third-order valence-electron chi connectivity index (χ3n) is 5.78. The van der Waals surface area contributed by atoms with Gasteiger partial charge in [0.1, 0.15) is 18.2 Å². The van der Waals surface area contributed by atoms with Gasteiger partial charge in [-0.1, -0.05) is 12.6 Å². The highest BCUT2D eigenvalue weighted by Gasteiger charge is 2.19. The van der Waals surface area contributed by atoms with Crippen LogP contribution in [0.1, 0.15) is 6.92 Å². The Bertz CT molecular complexity index is 1210. The molecule has 2 aromatic rings. The Morgan fingerprint density at radius 2 is 1.87 bits per heavy atom. The summed E-state index contributed by atoms with van der Waals surface area (Å²) >= 11 is 0. The lowest BCUT2D eigenvalue weighted by atomic mass is 10.2. The van der Waals surface area contributed by atoms with Crippen molar-refractivity contribution in [3.05, 3.63) is 72.6 Å². The normalized spacial score (nSPS) is 14.8. The molecule has 1 amide bonds. The fraction of sp³-hybridized carbons (Fsp3) is 0.296. The van der Waals surface area contributed by atoms with E-state index in [-0.39, 0.29) is 24.4 Å². The van der Waals surface area contributed by atoms with Crippen LogP contribution in [0.2, 0.25) is 0 Å². The minimum absolute atomic E-state index is 0.0551. The van der Waals surface area contributed by atoms with Crippen molar-refractivity contribution in [2.75, 3.05) is 62.0 Å². The minimum Gasteiger partial charge on any atom is -0.496 e. The van der Waals surface area contributed by atoms with Crippen molar-refractivity contribution in [1.29, 1.82) is 0 Å². The highest BCUT2D eigenvalue weighted by atomic mass is 19.1. The van der Waals surface area contributed by atoms with Gasteiger partial charge in [-0.25, -0.2) is 13.8 Å². The molecule has 0 saturated carbocycles. The second kappa shape index (κ2) is 13.9. The summed E-state index contributed by atoms with van der Waals surface area (Å²) in [5.41, 5.74) is 1.39. The smallest absolute Gasteiger partial charge is 0.261 e. The average Bonchev–Trinajstić information content (AvgIpc) is 2.92. The highest BCUT2D eigenvalue weighted by Crippen LogP contribution is 2.25. The van der Waals surface area contributed by atoms with Gasteiger partial charge in [0.15, 0.2) is 5.76 Å². The Morgan fingerprint density at radius 1 is 1.13 bits per heavy atom. The summed E-state index contributed by atoms with van der Waals surface area (Å²) in [5.74, 6) is 0.103. The van der Waals surface area contributed by atoms with E-state index in [4.69, 9.17) is 9.47 Å². The second-order valence-corrected chi connectivity index (χ2v) is 8.29. The Morgan fingerprint density at radius 3 is 2.50 bits per heavy atom. The molecule has 0 spiro atoms. The van der Waals surface area contributed by atoms with Crippen molar-refractivity contribution in [3.8, 4) is 5.75 Å². The SMILES string of the molecule is C=CC(=O)Nc1cccc(O/C(N=C(N=C)Nc2ccc(N3CCN(CCF)CC3)c(F)c2)=C(/C)OC)c1. The van der Waals surface area contributed by atoms with Crippen molar-refractivity contribution < 1.29 is 23.0 Å². The number of allylic oxidation sites excluding steroid dienone is 1. The number of aliphatic imine (C=N–C) groups is 2. The second-order valence-electron chi connectivity index (χ2n) is 8.29. The van der Waals surface area contributed by atoms with Gasteiger partial charge >= 0.3 is 0 Å². The number of hydrogen-bond acceptors (Lipinski definition) is 6. The summed E-state index contributed by atoms with van der Waals surface area (Å²) in [6.07, 6.45) is 1.16. The summed E-state index contributed by atoms with van der Waals surface area (Å²) < 4.78 is 38.8. The molecular weight excluding hydrogens is 494 g/mol. The molecule has 2 aromatic carbocycles. The first-order valence-corrected chi connectivity index (χ1v) is 12.0. The molecule has 0 unspecified atom stereocenters. The lowest BCUT2D eigenvalue weighted by Crippen LogP contribution is -2.47. The van der Waals surface area contributed by atoms with Crippen LogP contribution >= 0.6 is 0 Å². The number of ether oxygens (including phenoxy) is 2. The molecule has 1 fully saturated rings. The number of anilines is 3. The first-order chi connectivity index (χ1) is 18.4. The van der Waals surface area contributed by atoms with E-state index in [1.54, 1.807) is 43.3 Å². The Hall–Kier alpha value is -4.25. The lowest BCUT2D eigenvalue weighted by molar-refractivity contribution is -0.111. The van der Waals surface area contributed by atoms with E-state index in [0.29, 0.717) is 61.3 Å². The molecular formula is C27H32F2N6O3. The molecule has 2 N–H and O–H groups in total. The van der Waals surface area contributed by atoms with Crippen molar-refractivity contribution >= 4 is 35.6 Å². The number of amides is 1. The molecule has 9 nitrogen and oxygen atoms in total. The van der Waals surface area contributed by atoms with E-state index in [0.717, 1.165) is 6.08 Å². The number of piperazine rings is 1. The molecule has 11 heteroatoms. The van der Waals surface area contributed by atoms with Crippen LogP contribution in [0.3, 0.4) is 0 Å². The third-order valence-corrected chi connectivity index (χ3v) is 5.78. The zero-order valence-corrected chi connectivity index (χ0v) is 21.5. The maximum absolute atomic E-state index is 15.0. The number of nitrogens with zero attached hydrogens (tertiary/aromatic N) is 4. The van der Waals surface area contributed by atoms with Crippen LogP contribution in [-0.4, -0.2) is 70.0 Å². The Kier molecular flexibility index (Phi) is 10.4. The molecule has 0 radical (unpaired) electrons. The molecule has 3 rings (SSSR count). The highest BCUT2D eigenvalue weighted by molar-refractivity contribution is 5.99. The van der Waals surface area contributed by atoms with Crippen LogP contribution in [0.5, 0.6) is 5.75 Å². The lowest BCUT2D eigenvalue weighted by Gasteiger charge is -2.35. The van der Waals surface area contributed by atoms with Gasteiger partial charge in [0, 0.05) is 50.2 Å². The molecule has 1 aliphatic rings. The minimum atomic E-state index is -0.407. The van der Waals surface area contributed by atoms with Gasteiger partial charge in [0.05, 0.1) is 12.8 Å². The van der Waals surface area contributed by atoms with Crippen LogP contribution < -0.4 is 20.3 Å². The van der Waals surface area contributed by atoms with E-state index in [2.05, 4.69) is 33.9 Å². The van der Waals surface area contributed by atoms with E-state index in [1.807, 2.05) is 9.80 Å². The average molecular weight is 527 g/mol. The van der Waals surface area contributed by atoms with Crippen LogP contribution in [-0.2, 0) is 9.53 Å². The van der Waals surface area contributed by atoms with E-state index < -0.39 is 5.82 Å². The number of alkyl halides is 1. The summed E-state index contributed by atoms with van der Waals surface area (Å²) in [6.45, 7) is 11.2. The van der Waals surface area contributed by atoms with Crippen molar-refractivity contribution in [2.24, 2.45) is 9.98 Å². The number of rotatable bonds is 10. The third kappa shape index (κ3) is 7.87. The maximum Gasteiger partial charge on any atom is 0.261 e. The quantitative estimate of drug-likeness (QED) is 0.206. The number of nitrogens with one attached hydrogen (secondary N) is 2. The molecule has 1 heterocycles. The van der Waals surface area contributed by atoms with E-state index in [9.17, 15) is 13.6 Å². The van der Waals surface area contributed by atoms with Gasteiger partial charge < -0.3 is 25.0 Å². The van der Waals surface area contributed by atoms with Crippen molar-refractivity contribution in [3.63, 3.8) is 0 Å². The van der Waals surface area contributed by atoms with Gasteiger partial charge in [0.2, 0.25) is 11.9 Å². The monoisotopic (exact) mass is 526 g/mol. The summed E-state index contributed by atoms with van der Waals surface area (Å²) in [5, 5.41) is 5.60. The first kappa shape index (κ1) is 28.3. The van der Waals surface area contributed by atoms with Gasteiger partial charge in [-0.15, -0.1) is 0 Å². The predicted molar refractivity (Wildman–Crippen MR) is 147 cm³/mol. The fourth-order valence-electron chi connectivity index (χ4n) is 3.70. The molecule has 1 saturated heterocycles. The summed E-state index contributed by atoms with van der Waals surface area (Å²) in [4.78, 5) is 23.8. The number of hydrogen-bond donors (Lipinski definition) is 2. The number of carbonyl (C=O) groups is 1. The number of carbonyl (C=O) groups excluding carboxylic acids is 1. The largest absolute Gasteiger partial charge is 0.496 e. The molecule has 0 aliphatic carbocycles. The topological polar surface area (TPSA) is 90.8 Å². The van der Waals surface area contributed by atoms with E-state index in [1.165, 1.54) is 13.2 Å². The number of benzene rings is 2.